The van der Waals surface area contributed by atoms with Gasteiger partial charge in [0.1, 0.15) is 11.5 Å². The number of nitrogen functional groups attached to an aromatic ring is 1. The molecule has 0 bridgehead atoms. The Labute approximate surface area is 125 Å². The minimum Gasteiger partial charge on any atom is -0.495 e. The van der Waals surface area contributed by atoms with Crippen molar-refractivity contribution in [2.24, 2.45) is 0 Å². The van der Waals surface area contributed by atoms with Crippen molar-refractivity contribution >= 4 is 11.3 Å². The highest BCUT2D eigenvalue weighted by atomic mass is 16.5. The lowest BCUT2D eigenvalue weighted by Crippen LogP contribution is -2.10. The Morgan fingerprint density at radius 3 is 2.20 bits per heavy atom. The molecule has 3 heteroatoms. The molecule has 2 N–H and O–H groups in total. The molecule has 0 aliphatic carbocycles. The highest BCUT2D eigenvalue weighted by Gasteiger charge is 2.14. The first-order valence-electron chi connectivity index (χ1n) is 7.27. The summed E-state index contributed by atoms with van der Waals surface area (Å²) in [4.78, 5) is 0. The number of methoxy groups -OCH3 is 1. The predicted octanol–water partition coefficient (Wildman–Crippen LogP) is 4.99. The maximum absolute atomic E-state index is 5.86. The quantitative estimate of drug-likeness (QED) is 0.625. The molecular formula is C17H32N2O. The molecule has 0 unspecified atom stereocenters. The van der Waals surface area contributed by atoms with Gasteiger partial charge in [0.2, 0.25) is 0 Å². The van der Waals surface area contributed by atoms with Crippen LogP contribution in [0.4, 0.5) is 0 Å². The number of hydrogen-bond donors (Lipinski definition) is 1. The minimum absolute atomic E-state index is 0.588. The molecule has 1 rings (SSSR count). The Kier molecular flexibility index (Phi) is 11.6. The van der Waals surface area contributed by atoms with E-state index in [0.717, 1.165) is 16.8 Å². The molecule has 0 atom stereocenters. The SMILES string of the molecule is C=C(OC)c1c(C)c(/C(C)=C/C)cn1N.CC.CCC. The number of aromatic nitrogens is 1. The summed E-state index contributed by atoms with van der Waals surface area (Å²) >= 11 is 0. The van der Waals surface area contributed by atoms with E-state index in [-0.39, 0.29) is 0 Å². The average Bonchev–Trinajstić information content (AvgIpc) is 2.75. The van der Waals surface area contributed by atoms with Gasteiger partial charge in [-0.25, -0.2) is 0 Å². The van der Waals surface area contributed by atoms with Gasteiger partial charge in [-0.2, -0.15) is 0 Å². The maximum atomic E-state index is 5.86. The Balaban J connectivity index is 0. The van der Waals surface area contributed by atoms with E-state index >= 15 is 0 Å². The normalized spacial score (nSPS) is 9.90. The molecule has 1 aromatic heterocycles. The number of ether oxygens (including phenoxy) is 1. The summed E-state index contributed by atoms with van der Waals surface area (Å²) in [6.07, 6.45) is 5.20. The lowest BCUT2D eigenvalue weighted by Gasteiger charge is -2.06. The molecule has 0 radical (unpaired) electrons. The maximum Gasteiger partial charge on any atom is 0.137 e. The molecule has 0 fully saturated rings. The van der Waals surface area contributed by atoms with E-state index in [1.54, 1.807) is 11.8 Å². The molecule has 0 saturated heterocycles. The van der Waals surface area contributed by atoms with Crippen LogP contribution in [0.5, 0.6) is 0 Å². The van der Waals surface area contributed by atoms with Crippen molar-refractivity contribution in [3.8, 4) is 0 Å². The van der Waals surface area contributed by atoms with Crippen LogP contribution in [0.1, 0.15) is 64.8 Å². The van der Waals surface area contributed by atoms with Crippen LogP contribution >= 0.6 is 0 Å². The first-order chi connectivity index (χ1) is 9.44. The van der Waals surface area contributed by atoms with Crippen LogP contribution in [0.2, 0.25) is 0 Å². The largest absolute Gasteiger partial charge is 0.495 e. The average molecular weight is 280 g/mol. The molecular weight excluding hydrogens is 248 g/mol. The highest BCUT2D eigenvalue weighted by Crippen LogP contribution is 2.26. The molecule has 116 valence electrons. The zero-order valence-corrected chi connectivity index (χ0v) is 14.5. The third-order valence-electron chi connectivity index (χ3n) is 2.65. The second kappa shape index (κ2) is 11.2. The molecule has 20 heavy (non-hydrogen) atoms. The van der Waals surface area contributed by atoms with Gasteiger partial charge in [0, 0.05) is 11.8 Å². The number of rotatable bonds is 3. The number of allylic oxidation sites excluding steroid dienone is 2. The Hall–Kier alpha value is -1.64. The fourth-order valence-corrected chi connectivity index (χ4v) is 1.62. The summed E-state index contributed by atoms with van der Waals surface area (Å²) in [5.41, 5.74) is 4.27. The van der Waals surface area contributed by atoms with Crippen molar-refractivity contribution in [1.82, 2.24) is 4.68 Å². The second-order valence-electron chi connectivity index (χ2n) is 4.23. The molecule has 0 amide bonds. The van der Waals surface area contributed by atoms with E-state index in [4.69, 9.17) is 10.6 Å². The molecule has 1 heterocycles. The molecule has 0 aliphatic rings. The first kappa shape index (κ1) is 20.7. The van der Waals surface area contributed by atoms with Crippen molar-refractivity contribution < 1.29 is 4.74 Å². The van der Waals surface area contributed by atoms with Gasteiger partial charge in [-0.05, 0) is 31.9 Å². The van der Waals surface area contributed by atoms with Gasteiger partial charge in [0.05, 0.1) is 7.11 Å². The van der Waals surface area contributed by atoms with Crippen LogP contribution in [0.15, 0.2) is 18.9 Å². The summed E-state index contributed by atoms with van der Waals surface area (Å²) in [5.74, 6) is 6.45. The molecule has 0 spiro atoms. The number of nitrogens with two attached hydrogens (primary N) is 1. The fraction of sp³-hybridized carbons (Fsp3) is 0.529. The monoisotopic (exact) mass is 280 g/mol. The van der Waals surface area contributed by atoms with Crippen LogP contribution in [-0.2, 0) is 4.74 Å². The van der Waals surface area contributed by atoms with Gasteiger partial charge in [0.15, 0.2) is 0 Å². The molecule has 0 aliphatic heterocycles. The van der Waals surface area contributed by atoms with Crippen molar-refractivity contribution in [2.75, 3.05) is 13.0 Å². The lowest BCUT2D eigenvalue weighted by atomic mass is 10.1. The summed E-state index contributed by atoms with van der Waals surface area (Å²) in [5, 5.41) is 0. The second-order valence-corrected chi connectivity index (χ2v) is 4.23. The van der Waals surface area contributed by atoms with E-state index in [2.05, 4.69) is 33.4 Å². The Morgan fingerprint density at radius 2 is 1.85 bits per heavy atom. The van der Waals surface area contributed by atoms with E-state index in [1.807, 2.05) is 33.9 Å². The van der Waals surface area contributed by atoms with Crippen LogP contribution in [0, 0.1) is 6.92 Å². The van der Waals surface area contributed by atoms with Crippen LogP contribution in [0.3, 0.4) is 0 Å². The van der Waals surface area contributed by atoms with Crippen molar-refractivity contribution in [3.63, 3.8) is 0 Å². The molecule has 3 nitrogen and oxygen atoms in total. The molecule has 0 aromatic carbocycles. The van der Waals surface area contributed by atoms with E-state index in [0.29, 0.717) is 5.76 Å². The third-order valence-corrected chi connectivity index (χ3v) is 2.65. The highest BCUT2D eigenvalue weighted by molar-refractivity contribution is 5.72. The minimum atomic E-state index is 0.588. The fourth-order valence-electron chi connectivity index (χ4n) is 1.62. The van der Waals surface area contributed by atoms with Crippen molar-refractivity contribution in [2.45, 2.75) is 54.9 Å². The standard InChI is InChI=1S/C12H18N2O.C3H8.C2H6/c1-6-8(2)11-7-14(13)12(9(11)3)10(4)15-5;1-3-2;1-2/h6-7H,4,13H2,1-3,5H3;3H2,1-2H3;1-2H3/b8-6+;;. The third kappa shape index (κ3) is 5.55. The van der Waals surface area contributed by atoms with Gasteiger partial charge < -0.3 is 10.6 Å². The molecule has 0 saturated carbocycles. The van der Waals surface area contributed by atoms with Crippen LogP contribution in [0.25, 0.3) is 11.3 Å². The molecule has 1 aromatic rings. The smallest absolute Gasteiger partial charge is 0.137 e. The van der Waals surface area contributed by atoms with Gasteiger partial charge in [0.25, 0.3) is 0 Å². The summed E-state index contributed by atoms with van der Waals surface area (Å²) in [7, 11) is 1.59. The number of hydrogen-bond acceptors (Lipinski definition) is 2. The Morgan fingerprint density at radius 1 is 1.40 bits per heavy atom. The van der Waals surface area contributed by atoms with E-state index in [1.165, 1.54) is 12.0 Å². The lowest BCUT2D eigenvalue weighted by molar-refractivity contribution is 0.368. The van der Waals surface area contributed by atoms with Gasteiger partial charge in [-0.1, -0.05) is 46.8 Å². The zero-order chi connectivity index (χ0) is 16.3. The van der Waals surface area contributed by atoms with Crippen molar-refractivity contribution in [1.29, 1.82) is 0 Å². The Bertz CT molecular complexity index is 428. The topological polar surface area (TPSA) is 40.2 Å². The first-order valence-corrected chi connectivity index (χ1v) is 7.27. The van der Waals surface area contributed by atoms with Gasteiger partial charge in [-0.3, -0.25) is 4.68 Å². The van der Waals surface area contributed by atoms with Crippen molar-refractivity contribution in [3.05, 3.63) is 35.7 Å². The zero-order valence-electron chi connectivity index (χ0n) is 14.5. The predicted molar refractivity (Wildman–Crippen MR) is 92.0 cm³/mol. The summed E-state index contributed by atoms with van der Waals surface area (Å²) in [6.45, 7) is 18.2. The van der Waals surface area contributed by atoms with Gasteiger partial charge in [-0.15, -0.1) is 0 Å². The van der Waals surface area contributed by atoms with Crippen LogP contribution in [-0.4, -0.2) is 11.8 Å². The summed E-state index contributed by atoms with van der Waals surface area (Å²) < 4.78 is 6.67. The summed E-state index contributed by atoms with van der Waals surface area (Å²) in [6, 6.07) is 0. The van der Waals surface area contributed by atoms with E-state index in [9.17, 15) is 0 Å². The van der Waals surface area contributed by atoms with E-state index < -0.39 is 0 Å². The van der Waals surface area contributed by atoms with Gasteiger partial charge >= 0.3 is 0 Å². The van der Waals surface area contributed by atoms with Crippen LogP contribution < -0.4 is 5.84 Å². The number of nitrogens with zero attached hydrogens (tertiary/aromatic N) is 1.